The Balaban J connectivity index is 3.04. The molecule has 1 aromatic carbocycles. The first-order chi connectivity index (χ1) is 7.72. The van der Waals surface area contributed by atoms with Gasteiger partial charge in [0.25, 0.3) is 0 Å². The number of rotatable bonds is 5. The summed E-state index contributed by atoms with van der Waals surface area (Å²) in [5, 5.41) is 0. The summed E-state index contributed by atoms with van der Waals surface area (Å²) in [5.41, 5.74) is 2.17. The molecule has 0 fully saturated rings. The number of allylic oxidation sites excluding steroid dienone is 4. The average Bonchev–Trinajstić information content (AvgIpc) is 2.35. The molecule has 0 amide bonds. The first-order valence-electron chi connectivity index (χ1n) is 4.95. The third kappa shape index (κ3) is 2.67. The number of hydrogen-bond donors (Lipinski definition) is 0. The van der Waals surface area contributed by atoms with E-state index in [0.717, 1.165) is 5.56 Å². The molecule has 0 heterocycles. The van der Waals surface area contributed by atoms with Crippen LogP contribution in [0, 0.1) is 0 Å². The van der Waals surface area contributed by atoms with Gasteiger partial charge < -0.3 is 0 Å². The van der Waals surface area contributed by atoms with Crippen LogP contribution in [0.3, 0.4) is 0 Å². The third-order valence-corrected chi connectivity index (χ3v) is 2.19. The smallest absolute Gasteiger partial charge is 0.192 e. The number of benzene rings is 1. The monoisotopic (exact) mass is 210 g/mol. The summed E-state index contributed by atoms with van der Waals surface area (Å²) in [6, 6.07) is 7.27. The molecule has 1 heteroatoms. The van der Waals surface area contributed by atoms with Crippen LogP contribution in [0.2, 0.25) is 0 Å². The first-order valence-corrected chi connectivity index (χ1v) is 4.95. The summed E-state index contributed by atoms with van der Waals surface area (Å²) in [6.45, 7) is 10.8. The van der Waals surface area contributed by atoms with Crippen molar-refractivity contribution in [2.45, 2.75) is 0 Å². The lowest BCUT2D eigenvalue weighted by Crippen LogP contribution is -2.00. The average molecular weight is 210 g/mol. The molecule has 0 aliphatic rings. The van der Waals surface area contributed by atoms with Gasteiger partial charge >= 0.3 is 0 Å². The highest BCUT2D eigenvalue weighted by molar-refractivity contribution is 6.10. The Hall–Kier alpha value is -2.15. The van der Waals surface area contributed by atoms with Crippen molar-refractivity contribution < 1.29 is 4.79 Å². The van der Waals surface area contributed by atoms with Crippen molar-refractivity contribution in [3.8, 4) is 0 Å². The van der Waals surface area contributed by atoms with E-state index in [1.807, 2.05) is 12.1 Å². The predicted octanol–water partition coefficient (Wildman–Crippen LogP) is 3.81. The molecule has 0 radical (unpaired) electrons. The van der Waals surface area contributed by atoms with E-state index in [1.165, 1.54) is 6.08 Å². The van der Waals surface area contributed by atoms with Gasteiger partial charge in [-0.25, -0.2) is 0 Å². The standard InChI is InChI=1S/C15H14O/c1-4-7-13(6-3)15(16)14-10-8-12(5-2)9-11-14/h4-11H,1-3H2/b13-7+. The maximum Gasteiger partial charge on any atom is 0.192 e. The van der Waals surface area contributed by atoms with E-state index in [9.17, 15) is 4.79 Å². The number of Topliss-reactive ketones (excluding diaryl/α,β-unsaturated/α-hetero) is 1. The lowest BCUT2D eigenvalue weighted by atomic mass is 10.0. The maximum atomic E-state index is 12.0. The van der Waals surface area contributed by atoms with E-state index in [1.54, 1.807) is 30.4 Å². The fourth-order valence-corrected chi connectivity index (χ4v) is 1.30. The minimum absolute atomic E-state index is 0.0505. The predicted molar refractivity (Wildman–Crippen MR) is 69.3 cm³/mol. The van der Waals surface area contributed by atoms with Crippen molar-refractivity contribution in [3.63, 3.8) is 0 Å². The summed E-state index contributed by atoms with van der Waals surface area (Å²) in [7, 11) is 0. The van der Waals surface area contributed by atoms with E-state index in [0.29, 0.717) is 11.1 Å². The highest BCUT2D eigenvalue weighted by Gasteiger charge is 2.07. The lowest BCUT2D eigenvalue weighted by molar-refractivity contribution is 0.103. The molecular weight excluding hydrogens is 196 g/mol. The second-order valence-corrected chi connectivity index (χ2v) is 3.22. The van der Waals surface area contributed by atoms with Crippen molar-refractivity contribution in [1.82, 2.24) is 0 Å². The van der Waals surface area contributed by atoms with Crippen LogP contribution < -0.4 is 0 Å². The van der Waals surface area contributed by atoms with E-state index in [4.69, 9.17) is 0 Å². The summed E-state index contributed by atoms with van der Waals surface area (Å²) in [5.74, 6) is -0.0505. The minimum atomic E-state index is -0.0505. The highest BCUT2D eigenvalue weighted by atomic mass is 16.1. The van der Waals surface area contributed by atoms with E-state index in [-0.39, 0.29) is 5.78 Å². The van der Waals surface area contributed by atoms with Crippen molar-refractivity contribution in [3.05, 3.63) is 78.9 Å². The van der Waals surface area contributed by atoms with Crippen LogP contribution in [-0.4, -0.2) is 5.78 Å². The molecule has 0 aliphatic carbocycles. The first kappa shape index (κ1) is 11.9. The Bertz CT molecular complexity index is 447. The number of hydrogen-bond acceptors (Lipinski definition) is 1. The molecule has 0 spiro atoms. The quantitative estimate of drug-likeness (QED) is 0.410. The molecule has 80 valence electrons. The van der Waals surface area contributed by atoms with Gasteiger partial charge in [-0.1, -0.05) is 68.3 Å². The molecule has 0 saturated carbocycles. The zero-order valence-corrected chi connectivity index (χ0v) is 9.15. The van der Waals surface area contributed by atoms with Gasteiger partial charge in [-0.2, -0.15) is 0 Å². The van der Waals surface area contributed by atoms with Crippen LogP contribution >= 0.6 is 0 Å². The third-order valence-electron chi connectivity index (χ3n) is 2.19. The van der Waals surface area contributed by atoms with Gasteiger partial charge in [0.2, 0.25) is 0 Å². The number of carbonyl (C=O) groups is 1. The fourth-order valence-electron chi connectivity index (χ4n) is 1.30. The number of ketones is 1. The molecule has 1 aromatic rings. The molecule has 0 aromatic heterocycles. The van der Waals surface area contributed by atoms with Crippen LogP contribution in [-0.2, 0) is 0 Å². The van der Waals surface area contributed by atoms with Gasteiger partial charge in [-0.15, -0.1) is 0 Å². The van der Waals surface area contributed by atoms with Gasteiger partial charge in [0, 0.05) is 11.1 Å². The second kappa shape index (κ2) is 5.66. The molecule has 0 aliphatic heterocycles. The molecule has 1 nitrogen and oxygen atoms in total. The summed E-state index contributed by atoms with van der Waals surface area (Å²) in [6.07, 6.45) is 6.50. The van der Waals surface area contributed by atoms with E-state index < -0.39 is 0 Å². The molecule has 0 atom stereocenters. The van der Waals surface area contributed by atoms with Crippen LogP contribution in [0.4, 0.5) is 0 Å². The largest absolute Gasteiger partial charge is 0.289 e. The Labute approximate surface area is 96.1 Å². The maximum absolute atomic E-state index is 12.0. The van der Waals surface area contributed by atoms with Crippen molar-refractivity contribution in [2.75, 3.05) is 0 Å². The van der Waals surface area contributed by atoms with E-state index in [2.05, 4.69) is 19.7 Å². The molecular formula is C15H14O. The van der Waals surface area contributed by atoms with Crippen LogP contribution in [0.15, 0.2) is 67.8 Å². The SMILES string of the molecule is C=C/C=C(\C=C)C(=O)c1ccc(C=C)cc1. The lowest BCUT2D eigenvalue weighted by Gasteiger charge is -2.01. The molecule has 0 bridgehead atoms. The topological polar surface area (TPSA) is 17.1 Å². The highest BCUT2D eigenvalue weighted by Crippen LogP contribution is 2.11. The van der Waals surface area contributed by atoms with Crippen LogP contribution in [0.25, 0.3) is 6.08 Å². The molecule has 1 rings (SSSR count). The fraction of sp³-hybridized carbons (Fsp3) is 0. The minimum Gasteiger partial charge on any atom is -0.289 e. The van der Waals surface area contributed by atoms with Crippen LogP contribution in [0.5, 0.6) is 0 Å². The molecule has 0 N–H and O–H groups in total. The Kier molecular flexibility index (Phi) is 4.22. The molecule has 16 heavy (non-hydrogen) atoms. The molecule has 0 saturated heterocycles. The second-order valence-electron chi connectivity index (χ2n) is 3.22. The number of carbonyl (C=O) groups excluding carboxylic acids is 1. The molecule has 0 unspecified atom stereocenters. The summed E-state index contributed by atoms with van der Waals surface area (Å²) < 4.78 is 0. The van der Waals surface area contributed by atoms with Gasteiger partial charge in [-0.3, -0.25) is 4.79 Å². The zero-order chi connectivity index (χ0) is 12.0. The van der Waals surface area contributed by atoms with Crippen molar-refractivity contribution in [2.24, 2.45) is 0 Å². The Morgan fingerprint density at radius 1 is 1.06 bits per heavy atom. The normalized spacial score (nSPS) is 10.6. The van der Waals surface area contributed by atoms with Gasteiger partial charge in [0.15, 0.2) is 5.78 Å². The van der Waals surface area contributed by atoms with E-state index >= 15 is 0 Å². The van der Waals surface area contributed by atoms with Crippen molar-refractivity contribution in [1.29, 1.82) is 0 Å². The zero-order valence-electron chi connectivity index (χ0n) is 9.15. The summed E-state index contributed by atoms with van der Waals surface area (Å²) in [4.78, 5) is 12.0. The Morgan fingerprint density at radius 2 is 1.69 bits per heavy atom. The van der Waals surface area contributed by atoms with Crippen LogP contribution in [0.1, 0.15) is 15.9 Å². The van der Waals surface area contributed by atoms with Gasteiger partial charge in [0.1, 0.15) is 0 Å². The van der Waals surface area contributed by atoms with Gasteiger partial charge in [-0.05, 0) is 5.56 Å². The van der Waals surface area contributed by atoms with Crippen molar-refractivity contribution >= 4 is 11.9 Å². The summed E-state index contributed by atoms with van der Waals surface area (Å²) >= 11 is 0. The Morgan fingerprint density at radius 3 is 2.12 bits per heavy atom. The van der Waals surface area contributed by atoms with Gasteiger partial charge in [0.05, 0.1) is 0 Å².